The maximum atomic E-state index is 12.8. The number of amides is 3. The molecule has 148 valence electrons. The largest absolute Gasteiger partial charge is 0.371 e. The van der Waals surface area contributed by atoms with E-state index in [4.69, 9.17) is 5.26 Å². The van der Waals surface area contributed by atoms with Gasteiger partial charge in [0.05, 0.1) is 17.2 Å². The highest BCUT2D eigenvalue weighted by molar-refractivity contribution is 6.04. The molecule has 2 aromatic carbocycles. The van der Waals surface area contributed by atoms with Gasteiger partial charge in [-0.05, 0) is 62.1 Å². The van der Waals surface area contributed by atoms with Crippen LogP contribution in [0.4, 0.5) is 21.9 Å². The lowest BCUT2D eigenvalue weighted by Gasteiger charge is -2.22. The second-order valence-electron chi connectivity index (χ2n) is 7.45. The van der Waals surface area contributed by atoms with Crippen molar-refractivity contribution in [2.75, 3.05) is 28.6 Å². The van der Waals surface area contributed by atoms with Gasteiger partial charge in [-0.3, -0.25) is 4.79 Å². The molecule has 1 aliphatic carbocycles. The number of nitrogens with zero attached hydrogens (tertiary/aromatic N) is 2. The first-order chi connectivity index (χ1) is 14.1. The summed E-state index contributed by atoms with van der Waals surface area (Å²) in [6.07, 6.45) is 4.28. The molecule has 0 spiro atoms. The molecular formula is C22H23N5O2. The van der Waals surface area contributed by atoms with Crippen LogP contribution in [0.2, 0.25) is 0 Å². The van der Waals surface area contributed by atoms with E-state index >= 15 is 0 Å². The van der Waals surface area contributed by atoms with Crippen LogP contribution in [0.3, 0.4) is 0 Å². The van der Waals surface area contributed by atoms with E-state index in [9.17, 15) is 9.59 Å². The quantitative estimate of drug-likeness (QED) is 0.726. The van der Waals surface area contributed by atoms with Gasteiger partial charge in [0.25, 0.3) is 5.91 Å². The maximum absolute atomic E-state index is 12.8. The molecule has 2 fully saturated rings. The molecule has 1 heterocycles. The zero-order valence-electron chi connectivity index (χ0n) is 16.1. The SMILES string of the molecule is N#Cc1cccc(NC(=O)Nc2ccc(N3CCCC3)c(C(=O)NC3CC3)c2)c1. The van der Waals surface area contributed by atoms with E-state index in [1.807, 2.05) is 18.2 Å². The molecule has 7 nitrogen and oxygen atoms in total. The fraction of sp³-hybridized carbons (Fsp3) is 0.318. The Balaban J connectivity index is 1.51. The van der Waals surface area contributed by atoms with Crippen LogP contribution in [-0.2, 0) is 0 Å². The number of rotatable bonds is 5. The first-order valence-corrected chi connectivity index (χ1v) is 9.90. The molecule has 3 amide bonds. The number of urea groups is 1. The normalized spacial score (nSPS) is 15.5. The van der Waals surface area contributed by atoms with Crippen LogP contribution in [0.1, 0.15) is 41.6 Å². The summed E-state index contributed by atoms with van der Waals surface area (Å²) in [5.41, 5.74) is 3.04. The van der Waals surface area contributed by atoms with E-state index in [2.05, 4.69) is 20.9 Å². The average Bonchev–Trinajstić information content (AvgIpc) is 3.36. The smallest absolute Gasteiger partial charge is 0.323 e. The van der Waals surface area contributed by atoms with Crippen LogP contribution < -0.4 is 20.9 Å². The third-order valence-corrected chi connectivity index (χ3v) is 5.11. The fourth-order valence-electron chi connectivity index (χ4n) is 3.48. The average molecular weight is 389 g/mol. The predicted octanol–water partition coefficient (Wildman–Crippen LogP) is 3.69. The Morgan fingerprint density at radius 2 is 1.72 bits per heavy atom. The lowest BCUT2D eigenvalue weighted by atomic mass is 10.1. The Morgan fingerprint density at radius 3 is 2.41 bits per heavy atom. The molecular weight excluding hydrogens is 366 g/mol. The molecule has 0 radical (unpaired) electrons. The van der Waals surface area contributed by atoms with Gasteiger partial charge < -0.3 is 20.9 Å². The summed E-state index contributed by atoms with van der Waals surface area (Å²) < 4.78 is 0. The van der Waals surface area contributed by atoms with Gasteiger partial charge in [0.2, 0.25) is 0 Å². The highest BCUT2D eigenvalue weighted by atomic mass is 16.2. The van der Waals surface area contributed by atoms with Crippen LogP contribution >= 0.6 is 0 Å². The zero-order valence-corrected chi connectivity index (χ0v) is 16.1. The highest BCUT2D eigenvalue weighted by Gasteiger charge is 2.26. The molecule has 0 unspecified atom stereocenters. The van der Waals surface area contributed by atoms with Crippen LogP contribution in [0.25, 0.3) is 0 Å². The van der Waals surface area contributed by atoms with Crippen molar-refractivity contribution in [2.24, 2.45) is 0 Å². The lowest BCUT2D eigenvalue weighted by Crippen LogP contribution is -2.29. The molecule has 0 bridgehead atoms. The van der Waals surface area contributed by atoms with Crippen LogP contribution in [0, 0.1) is 11.3 Å². The Labute approximate surface area is 169 Å². The number of benzene rings is 2. The monoisotopic (exact) mass is 389 g/mol. The van der Waals surface area contributed by atoms with Gasteiger partial charge in [-0.1, -0.05) is 6.07 Å². The number of carbonyl (C=O) groups excluding carboxylic acids is 2. The first-order valence-electron chi connectivity index (χ1n) is 9.90. The number of anilines is 3. The van der Waals surface area contributed by atoms with Gasteiger partial charge in [0.1, 0.15) is 0 Å². The number of nitriles is 1. The van der Waals surface area contributed by atoms with E-state index in [0.717, 1.165) is 44.5 Å². The summed E-state index contributed by atoms with van der Waals surface area (Å²) in [5.74, 6) is -0.0971. The third kappa shape index (κ3) is 4.66. The van der Waals surface area contributed by atoms with Gasteiger partial charge in [-0.2, -0.15) is 5.26 Å². The van der Waals surface area contributed by atoms with E-state index in [1.165, 1.54) is 0 Å². The summed E-state index contributed by atoms with van der Waals surface area (Å²) in [4.78, 5) is 27.4. The summed E-state index contributed by atoms with van der Waals surface area (Å²) in [6, 6.07) is 14.0. The van der Waals surface area contributed by atoms with Crippen molar-refractivity contribution in [3.8, 4) is 6.07 Å². The molecule has 1 saturated heterocycles. The number of carbonyl (C=O) groups is 2. The minimum absolute atomic E-state index is 0.0971. The standard InChI is InChI=1S/C22H23N5O2/c23-14-15-4-3-5-17(12-15)25-22(29)26-18-8-9-20(27-10-1-2-11-27)19(13-18)21(28)24-16-6-7-16/h3-5,8-9,12-13,16H,1-2,6-7,10-11H2,(H,24,28)(H2,25,26,29). The van der Waals surface area contributed by atoms with Crippen LogP contribution in [-0.4, -0.2) is 31.1 Å². The van der Waals surface area contributed by atoms with Gasteiger partial charge in [-0.25, -0.2) is 4.79 Å². The summed E-state index contributed by atoms with van der Waals surface area (Å²) in [5, 5.41) is 17.5. The number of hydrogen-bond acceptors (Lipinski definition) is 4. The number of hydrogen-bond donors (Lipinski definition) is 3. The van der Waals surface area contributed by atoms with Gasteiger partial charge in [0.15, 0.2) is 0 Å². The highest BCUT2D eigenvalue weighted by Crippen LogP contribution is 2.29. The lowest BCUT2D eigenvalue weighted by molar-refractivity contribution is 0.0951. The minimum atomic E-state index is -0.428. The fourth-order valence-corrected chi connectivity index (χ4v) is 3.48. The van der Waals surface area contributed by atoms with E-state index in [1.54, 1.807) is 30.3 Å². The Hall–Kier alpha value is -3.53. The van der Waals surface area contributed by atoms with Crippen molar-refractivity contribution in [1.82, 2.24) is 5.32 Å². The molecule has 1 aliphatic heterocycles. The molecule has 0 aromatic heterocycles. The first kappa shape index (κ1) is 18.8. The third-order valence-electron chi connectivity index (χ3n) is 5.11. The van der Waals surface area contributed by atoms with Crippen molar-refractivity contribution in [3.05, 3.63) is 53.6 Å². The Morgan fingerprint density at radius 1 is 1.00 bits per heavy atom. The predicted molar refractivity (Wildman–Crippen MR) is 112 cm³/mol. The summed E-state index contributed by atoms with van der Waals surface area (Å²) >= 11 is 0. The second-order valence-corrected chi connectivity index (χ2v) is 7.45. The topological polar surface area (TPSA) is 97.3 Å². The van der Waals surface area contributed by atoms with Crippen LogP contribution in [0.5, 0.6) is 0 Å². The molecule has 29 heavy (non-hydrogen) atoms. The maximum Gasteiger partial charge on any atom is 0.323 e. The van der Waals surface area contributed by atoms with E-state index < -0.39 is 6.03 Å². The summed E-state index contributed by atoms with van der Waals surface area (Å²) in [7, 11) is 0. The minimum Gasteiger partial charge on any atom is -0.371 e. The molecule has 2 aromatic rings. The van der Waals surface area contributed by atoms with E-state index in [-0.39, 0.29) is 11.9 Å². The zero-order chi connectivity index (χ0) is 20.2. The van der Waals surface area contributed by atoms with Gasteiger partial charge in [-0.15, -0.1) is 0 Å². The molecule has 2 aliphatic rings. The molecule has 0 atom stereocenters. The number of nitrogens with one attached hydrogen (secondary N) is 3. The molecule has 4 rings (SSSR count). The Kier molecular flexibility index (Phi) is 5.34. The van der Waals surface area contributed by atoms with Crippen molar-refractivity contribution in [3.63, 3.8) is 0 Å². The van der Waals surface area contributed by atoms with E-state index in [0.29, 0.717) is 22.5 Å². The van der Waals surface area contributed by atoms with Gasteiger partial charge >= 0.3 is 6.03 Å². The van der Waals surface area contributed by atoms with Crippen molar-refractivity contribution in [1.29, 1.82) is 5.26 Å². The van der Waals surface area contributed by atoms with Crippen molar-refractivity contribution < 1.29 is 9.59 Å². The summed E-state index contributed by atoms with van der Waals surface area (Å²) in [6.45, 7) is 1.87. The van der Waals surface area contributed by atoms with Crippen LogP contribution in [0.15, 0.2) is 42.5 Å². The van der Waals surface area contributed by atoms with Crippen molar-refractivity contribution >= 4 is 29.0 Å². The molecule has 3 N–H and O–H groups in total. The Bertz CT molecular complexity index is 971. The second kappa shape index (κ2) is 8.23. The van der Waals surface area contributed by atoms with Gasteiger partial charge in [0, 0.05) is 36.2 Å². The molecule has 7 heteroatoms. The van der Waals surface area contributed by atoms with Crippen molar-refractivity contribution in [2.45, 2.75) is 31.7 Å². The molecule has 1 saturated carbocycles.